The van der Waals surface area contributed by atoms with Crippen molar-refractivity contribution < 1.29 is 0 Å². The van der Waals surface area contributed by atoms with Gasteiger partial charge in [0.05, 0.1) is 17.1 Å². The largest absolute Gasteiger partial charge is 0.256 e. The maximum atomic E-state index is 5.16. The van der Waals surface area contributed by atoms with Crippen molar-refractivity contribution >= 4 is 0 Å². The molecule has 0 aliphatic carbocycles. The Bertz CT molecular complexity index is 4730. The lowest BCUT2D eigenvalue weighted by Gasteiger charge is -2.24. The van der Waals surface area contributed by atoms with Gasteiger partial charge < -0.3 is 0 Å². The van der Waals surface area contributed by atoms with Crippen molar-refractivity contribution in [2.75, 3.05) is 0 Å². The van der Waals surface area contributed by atoms with E-state index in [1.165, 1.54) is 16.7 Å². The standard InChI is InChI=1S/C87H75N3/c1-85(2,3)66-44-47-88-81(55-66)63-39-42-73(76(51-63)58-26-14-10-15-27-58)70-35-23-22-34-69(70)62-38-41-75(80-54-65(83-57-68(46-49-90-83)87(7,8)9)53-78(60-30-18-12-19-31-60)84(80)61-32-20-13-21-33-61)79(50-62)72-37-25-24-36-71(72)74-43-40-64(52-77(74)59-28-16-11-17-29-59)82-56-67(45-48-89-82)86(4,5)6/h10-57H,1-9H3. The highest BCUT2D eigenvalue weighted by Gasteiger charge is 2.26. The molecule has 3 heteroatoms. The first-order valence-corrected chi connectivity index (χ1v) is 31.5. The van der Waals surface area contributed by atoms with Crippen molar-refractivity contribution in [2.45, 2.75) is 78.6 Å². The molecule has 0 saturated carbocycles. The molecule has 0 unspecified atom stereocenters. The lowest BCUT2D eigenvalue weighted by Crippen LogP contribution is -2.11. The van der Waals surface area contributed by atoms with E-state index in [2.05, 4.69) is 335 Å². The Kier molecular flexibility index (Phi) is 15.8. The minimum Gasteiger partial charge on any atom is -0.256 e. The summed E-state index contributed by atoms with van der Waals surface area (Å²) in [5, 5.41) is 0. The lowest BCUT2D eigenvalue weighted by atomic mass is 9.80. The van der Waals surface area contributed by atoms with Crippen LogP contribution < -0.4 is 0 Å². The predicted octanol–water partition coefficient (Wildman–Crippen LogP) is 23.8. The summed E-state index contributed by atoms with van der Waals surface area (Å²) in [5.41, 5.74) is 29.9. The van der Waals surface area contributed by atoms with Gasteiger partial charge in [0.15, 0.2) is 0 Å². The van der Waals surface area contributed by atoms with Crippen LogP contribution in [0.2, 0.25) is 0 Å². The molecule has 3 nitrogen and oxygen atoms in total. The minimum absolute atomic E-state index is 0.0231. The van der Waals surface area contributed by atoms with Crippen molar-refractivity contribution in [3.8, 4) is 134 Å². The predicted molar refractivity (Wildman–Crippen MR) is 381 cm³/mol. The average molecular weight is 1160 g/mol. The molecule has 3 heterocycles. The van der Waals surface area contributed by atoms with E-state index in [0.29, 0.717) is 0 Å². The van der Waals surface area contributed by atoms with E-state index in [1.54, 1.807) is 0 Å². The van der Waals surface area contributed by atoms with Gasteiger partial charge in [-0.05, 0) is 200 Å². The third-order valence-electron chi connectivity index (χ3n) is 17.6. The first kappa shape index (κ1) is 58.7. The number of nitrogens with zero attached hydrogens (tertiary/aromatic N) is 3. The van der Waals surface area contributed by atoms with Crippen LogP contribution in [0.3, 0.4) is 0 Å². The van der Waals surface area contributed by atoms with Gasteiger partial charge in [-0.25, -0.2) is 0 Å². The molecule has 13 aromatic rings. The number of benzene rings is 10. The van der Waals surface area contributed by atoms with Gasteiger partial charge in [-0.15, -0.1) is 0 Å². The smallest absolute Gasteiger partial charge is 0.0705 e. The highest BCUT2D eigenvalue weighted by atomic mass is 14.7. The summed E-state index contributed by atoms with van der Waals surface area (Å²) < 4.78 is 0. The van der Waals surface area contributed by atoms with Crippen LogP contribution in [0, 0.1) is 0 Å². The molecule has 13 rings (SSSR count). The molecule has 0 radical (unpaired) electrons. The fourth-order valence-corrected chi connectivity index (χ4v) is 12.6. The fraction of sp³-hybridized carbons (Fsp3) is 0.138. The summed E-state index contributed by atoms with van der Waals surface area (Å²) in [5.74, 6) is 0. The number of pyridine rings is 3. The van der Waals surface area contributed by atoms with E-state index in [1.807, 2.05) is 18.6 Å². The SMILES string of the molecule is CC(C)(C)c1ccnc(-c2ccc(-c3ccccc3-c3ccc(-c4cc(-c5cc(C(C)(C)C)ccn5)cc(-c5ccccc5)c4-c4ccccc4)c(-c4ccccc4-c4ccc(-c5cc(C(C)(C)C)ccn5)cc4-c4ccccc4)c3)c(-c3ccccc3)c2)c1. The van der Waals surface area contributed by atoms with E-state index in [0.717, 1.165) is 134 Å². The van der Waals surface area contributed by atoms with Crippen molar-refractivity contribution in [3.63, 3.8) is 0 Å². The molecular formula is C87H75N3. The molecule has 10 aromatic carbocycles. The molecule has 0 aliphatic heterocycles. The van der Waals surface area contributed by atoms with Gasteiger partial charge in [0.2, 0.25) is 0 Å². The molecule has 3 aromatic heterocycles. The second-order valence-corrected chi connectivity index (χ2v) is 26.8. The number of hydrogen-bond donors (Lipinski definition) is 0. The molecule has 0 fully saturated rings. The summed E-state index contributed by atoms with van der Waals surface area (Å²) in [6.45, 7) is 20.4. The van der Waals surface area contributed by atoms with Crippen molar-refractivity contribution in [3.05, 3.63) is 308 Å². The highest BCUT2D eigenvalue weighted by molar-refractivity contribution is 6.05. The molecule has 438 valence electrons. The molecule has 0 aliphatic rings. The maximum absolute atomic E-state index is 5.16. The van der Waals surface area contributed by atoms with Crippen molar-refractivity contribution in [1.29, 1.82) is 0 Å². The summed E-state index contributed by atoms with van der Waals surface area (Å²) in [6.07, 6.45) is 5.88. The van der Waals surface area contributed by atoms with Crippen LogP contribution in [0.25, 0.3) is 134 Å². The van der Waals surface area contributed by atoms with E-state index in [9.17, 15) is 0 Å². The second kappa shape index (κ2) is 24.3. The van der Waals surface area contributed by atoms with E-state index in [4.69, 9.17) is 15.0 Å². The zero-order chi connectivity index (χ0) is 62.2. The topological polar surface area (TPSA) is 38.7 Å². The van der Waals surface area contributed by atoms with Gasteiger partial charge in [0.25, 0.3) is 0 Å². The molecule has 0 bridgehead atoms. The number of rotatable bonds is 12. The second-order valence-electron chi connectivity index (χ2n) is 26.8. The molecular weight excluding hydrogens is 1090 g/mol. The van der Waals surface area contributed by atoms with Crippen LogP contribution in [0.1, 0.15) is 79.0 Å². The monoisotopic (exact) mass is 1160 g/mol. The highest BCUT2D eigenvalue weighted by Crippen LogP contribution is 2.51. The summed E-state index contributed by atoms with van der Waals surface area (Å²) in [6, 6.07) is 100. The van der Waals surface area contributed by atoms with E-state index < -0.39 is 0 Å². The van der Waals surface area contributed by atoms with E-state index >= 15 is 0 Å². The molecule has 90 heavy (non-hydrogen) atoms. The maximum Gasteiger partial charge on any atom is 0.0705 e. The summed E-state index contributed by atoms with van der Waals surface area (Å²) in [4.78, 5) is 15.1. The average Bonchev–Trinajstić information content (AvgIpc) is 1.11. The molecule has 0 amide bonds. The van der Waals surface area contributed by atoms with Crippen LogP contribution in [0.15, 0.2) is 292 Å². The van der Waals surface area contributed by atoms with E-state index in [-0.39, 0.29) is 16.2 Å². The summed E-state index contributed by atoms with van der Waals surface area (Å²) >= 11 is 0. The Hall–Kier alpha value is -10.4. The van der Waals surface area contributed by atoms with Gasteiger partial charge in [-0.3, -0.25) is 15.0 Å². The van der Waals surface area contributed by atoms with Crippen LogP contribution in [0.4, 0.5) is 0 Å². The Balaban J connectivity index is 1.10. The van der Waals surface area contributed by atoms with Crippen LogP contribution in [-0.4, -0.2) is 15.0 Å². The molecule has 0 saturated heterocycles. The fourth-order valence-electron chi connectivity index (χ4n) is 12.6. The van der Waals surface area contributed by atoms with Gasteiger partial charge in [0, 0.05) is 35.3 Å². The quantitative estimate of drug-likeness (QED) is 0.122. The third kappa shape index (κ3) is 12.0. The Morgan fingerprint density at radius 2 is 0.478 bits per heavy atom. The molecule has 0 atom stereocenters. The Morgan fingerprint density at radius 3 is 0.900 bits per heavy atom. The van der Waals surface area contributed by atoms with Gasteiger partial charge in [-0.2, -0.15) is 0 Å². The Labute approximate surface area is 532 Å². The van der Waals surface area contributed by atoms with Crippen LogP contribution in [0.5, 0.6) is 0 Å². The molecule has 0 N–H and O–H groups in total. The number of hydrogen-bond acceptors (Lipinski definition) is 3. The zero-order valence-corrected chi connectivity index (χ0v) is 53.1. The normalized spacial score (nSPS) is 11.8. The Morgan fingerprint density at radius 1 is 0.189 bits per heavy atom. The first-order valence-electron chi connectivity index (χ1n) is 31.5. The summed E-state index contributed by atoms with van der Waals surface area (Å²) in [7, 11) is 0. The molecule has 0 spiro atoms. The van der Waals surface area contributed by atoms with Crippen LogP contribution in [-0.2, 0) is 16.2 Å². The number of aromatic nitrogens is 3. The van der Waals surface area contributed by atoms with Crippen molar-refractivity contribution in [2.24, 2.45) is 0 Å². The van der Waals surface area contributed by atoms with Crippen LogP contribution >= 0.6 is 0 Å². The lowest BCUT2D eigenvalue weighted by molar-refractivity contribution is 0.589. The minimum atomic E-state index is -0.0846. The third-order valence-corrected chi connectivity index (χ3v) is 17.6. The van der Waals surface area contributed by atoms with Crippen molar-refractivity contribution in [1.82, 2.24) is 15.0 Å². The van der Waals surface area contributed by atoms with Gasteiger partial charge in [0.1, 0.15) is 0 Å². The van der Waals surface area contributed by atoms with Gasteiger partial charge in [-0.1, -0.05) is 269 Å². The zero-order valence-electron chi connectivity index (χ0n) is 53.1. The van der Waals surface area contributed by atoms with Gasteiger partial charge >= 0.3 is 0 Å². The first-order chi connectivity index (χ1) is 43.5.